The molecule has 0 fully saturated rings. The Morgan fingerprint density at radius 3 is 2.41 bits per heavy atom. The minimum absolute atomic E-state index is 0.233. The van der Waals surface area contributed by atoms with Gasteiger partial charge in [0.1, 0.15) is 5.82 Å². The summed E-state index contributed by atoms with van der Waals surface area (Å²) in [7, 11) is 0. The molecule has 0 radical (unpaired) electrons. The molecule has 0 saturated heterocycles. The van der Waals surface area contributed by atoms with Crippen LogP contribution in [0.5, 0.6) is 11.5 Å². The highest BCUT2D eigenvalue weighted by molar-refractivity contribution is 5.96. The fourth-order valence-electron chi connectivity index (χ4n) is 2.31. The summed E-state index contributed by atoms with van der Waals surface area (Å²) in [6.45, 7) is 5.77. The molecule has 0 aliphatic carbocycles. The lowest BCUT2D eigenvalue weighted by Crippen LogP contribution is -2.21. The van der Waals surface area contributed by atoms with Gasteiger partial charge in [-0.1, -0.05) is 6.07 Å². The zero-order chi connectivity index (χ0) is 19.8. The molecule has 7 heteroatoms. The fourth-order valence-corrected chi connectivity index (χ4v) is 2.31. The highest BCUT2D eigenvalue weighted by Crippen LogP contribution is 2.28. The fraction of sp³-hybridized carbons (Fsp3) is 0.300. The number of halogens is 1. The van der Waals surface area contributed by atoms with Crippen LogP contribution in [0.4, 0.5) is 10.1 Å². The number of rotatable bonds is 8. The van der Waals surface area contributed by atoms with Crippen molar-refractivity contribution in [1.82, 2.24) is 0 Å². The van der Waals surface area contributed by atoms with Crippen LogP contribution in [0.3, 0.4) is 0 Å². The van der Waals surface area contributed by atoms with Gasteiger partial charge in [-0.2, -0.15) is 0 Å². The van der Waals surface area contributed by atoms with E-state index in [4.69, 9.17) is 14.2 Å². The number of esters is 1. The Morgan fingerprint density at radius 1 is 1.00 bits per heavy atom. The summed E-state index contributed by atoms with van der Waals surface area (Å²) >= 11 is 0. The van der Waals surface area contributed by atoms with E-state index < -0.39 is 24.3 Å². The van der Waals surface area contributed by atoms with Crippen molar-refractivity contribution in [2.75, 3.05) is 25.1 Å². The number of carbonyl (C=O) groups excluding carboxylic acids is 2. The van der Waals surface area contributed by atoms with Gasteiger partial charge in [0.2, 0.25) is 0 Å². The summed E-state index contributed by atoms with van der Waals surface area (Å²) < 4.78 is 29.2. The van der Waals surface area contributed by atoms with E-state index >= 15 is 0 Å². The molecular weight excluding hydrogens is 353 g/mol. The summed E-state index contributed by atoms with van der Waals surface area (Å²) in [5, 5.41) is 2.51. The maximum atomic E-state index is 13.3. The number of aryl methyl sites for hydroxylation is 1. The van der Waals surface area contributed by atoms with Crippen LogP contribution in [0.2, 0.25) is 0 Å². The Morgan fingerprint density at radius 2 is 1.70 bits per heavy atom. The molecule has 0 spiro atoms. The van der Waals surface area contributed by atoms with E-state index in [1.807, 2.05) is 13.8 Å². The van der Waals surface area contributed by atoms with E-state index in [0.717, 1.165) is 0 Å². The van der Waals surface area contributed by atoms with Gasteiger partial charge in [-0.3, -0.25) is 4.79 Å². The molecule has 144 valence electrons. The Kier molecular flexibility index (Phi) is 7.16. The van der Waals surface area contributed by atoms with Crippen LogP contribution in [0.25, 0.3) is 0 Å². The zero-order valence-electron chi connectivity index (χ0n) is 15.5. The topological polar surface area (TPSA) is 73.9 Å². The van der Waals surface area contributed by atoms with E-state index in [9.17, 15) is 14.0 Å². The zero-order valence-corrected chi connectivity index (χ0v) is 15.5. The van der Waals surface area contributed by atoms with Crippen molar-refractivity contribution in [3.8, 4) is 11.5 Å². The Bertz CT molecular complexity index is 822. The van der Waals surface area contributed by atoms with Crippen molar-refractivity contribution in [2.45, 2.75) is 20.8 Å². The lowest BCUT2D eigenvalue weighted by atomic mass is 10.2. The van der Waals surface area contributed by atoms with E-state index in [1.54, 1.807) is 19.1 Å². The number of hydrogen-bond donors (Lipinski definition) is 1. The maximum absolute atomic E-state index is 13.3. The lowest BCUT2D eigenvalue weighted by molar-refractivity contribution is -0.119. The summed E-state index contributed by atoms with van der Waals surface area (Å²) in [5.74, 6) is -0.757. The molecule has 2 rings (SSSR count). The van der Waals surface area contributed by atoms with E-state index in [1.165, 1.54) is 24.3 Å². The van der Waals surface area contributed by atoms with E-state index in [0.29, 0.717) is 36.0 Å². The first-order valence-corrected chi connectivity index (χ1v) is 8.57. The molecule has 6 nitrogen and oxygen atoms in total. The molecule has 2 aromatic rings. The van der Waals surface area contributed by atoms with Crippen molar-refractivity contribution in [1.29, 1.82) is 0 Å². The van der Waals surface area contributed by atoms with Crippen LogP contribution in [-0.4, -0.2) is 31.7 Å². The third-order valence-corrected chi connectivity index (χ3v) is 3.59. The average molecular weight is 375 g/mol. The van der Waals surface area contributed by atoms with Crippen molar-refractivity contribution in [3.05, 3.63) is 53.3 Å². The molecule has 2 aromatic carbocycles. The normalized spacial score (nSPS) is 10.2. The van der Waals surface area contributed by atoms with E-state index in [2.05, 4.69) is 5.32 Å². The molecule has 27 heavy (non-hydrogen) atoms. The highest BCUT2D eigenvalue weighted by atomic mass is 19.1. The molecule has 0 aliphatic rings. The van der Waals surface area contributed by atoms with Gasteiger partial charge < -0.3 is 19.5 Å². The first-order chi connectivity index (χ1) is 12.9. The second-order valence-corrected chi connectivity index (χ2v) is 5.61. The minimum Gasteiger partial charge on any atom is -0.490 e. The standard InChI is InChI=1S/C20H22FNO5/c1-4-25-17-9-7-14(10-18(17)26-5-2)20(24)27-12-19(23)22-16-11-15(21)8-6-13(16)3/h6-11H,4-5,12H2,1-3H3,(H,22,23). The number of hydrogen-bond acceptors (Lipinski definition) is 5. The Balaban J connectivity index is 1.99. The quantitative estimate of drug-likeness (QED) is 0.712. The van der Waals surface area contributed by atoms with Crippen LogP contribution in [0, 0.1) is 12.7 Å². The molecule has 0 aromatic heterocycles. The summed E-state index contributed by atoms with van der Waals surface area (Å²) in [4.78, 5) is 24.2. The van der Waals surface area contributed by atoms with Crippen LogP contribution in [0.1, 0.15) is 29.8 Å². The first-order valence-electron chi connectivity index (χ1n) is 8.57. The molecule has 1 amide bonds. The largest absolute Gasteiger partial charge is 0.490 e. The summed E-state index contributed by atoms with van der Waals surface area (Å²) in [6.07, 6.45) is 0. The third kappa shape index (κ3) is 5.70. The monoisotopic (exact) mass is 375 g/mol. The molecule has 0 atom stereocenters. The van der Waals surface area contributed by atoms with Gasteiger partial charge in [0.15, 0.2) is 18.1 Å². The average Bonchev–Trinajstić information content (AvgIpc) is 2.64. The molecule has 0 heterocycles. The number of anilines is 1. The Labute approximate surface area is 157 Å². The van der Waals surface area contributed by atoms with Crippen LogP contribution < -0.4 is 14.8 Å². The second kappa shape index (κ2) is 9.56. The molecule has 0 bridgehead atoms. The van der Waals surface area contributed by atoms with Crippen molar-refractivity contribution >= 4 is 17.6 Å². The smallest absolute Gasteiger partial charge is 0.338 e. The van der Waals surface area contributed by atoms with Crippen molar-refractivity contribution in [2.24, 2.45) is 0 Å². The third-order valence-electron chi connectivity index (χ3n) is 3.59. The SMILES string of the molecule is CCOc1ccc(C(=O)OCC(=O)Nc2cc(F)ccc2C)cc1OCC. The molecule has 1 N–H and O–H groups in total. The predicted octanol–water partition coefficient (Wildman–Crippen LogP) is 3.73. The van der Waals surface area contributed by atoms with Crippen LogP contribution in [0.15, 0.2) is 36.4 Å². The van der Waals surface area contributed by atoms with Gasteiger partial charge in [-0.05, 0) is 56.7 Å². The van der Waals surface area contributed by atoms with Gasteiger partial charge in [0.05, 0.1) is 18.8 Å². The molecular formula is C20H22FNO5. The Hall–Kier alpha value is -3.09. The number of carbonyl (C=O) groups is 2. The molecule has 0 saturated carbocycles. The van der Waals surface area contributed by atoms with E-state index in [-0.39, 0.29) is 5.56 Å². The maximum Gasteiger partial charge on any atom is 0.338 e. The van der Waals surface area contributed by atoms with Crippen molar-refractivity contribution in [3.63, 3.8) is 0 Å². The first kappa shape index (κ1) is 20.2. The summed E-state index contributed by atoms with van der Waals surface area (Å²) in [5.41, 5.74) is 1.26. The highest BCUT2D eigenvalue weighted by Gasteiger charge is 2.15. The van der Waals surface area contributed by atoms with Gasteiger partial charge in [-0.25, -0.2) is 9.18 Å². The number of ether oxygens (including phenoxy) is 3. The van der Waals surface area contributed by atoms with Gasteiger partial charge in [0.25, 0.3) is 5.91 Å². The predicted molar refractivity (Wildman–Crippen MR) is 98.8 cm³/mol. The van der Waals surface area contributed by atoms with Gasteiger partial charge in [-0.15, -0.1) is 0 Å². The van der Waals surface area contributed by atoms with Gasteiger partial charge >= 0.3 is 5.97 Å². The number of amides is 1. The minimum atomic E-state index is -0.676. The second-order valence-electron chi connectivity index (χ2n) is 5.61. The lowest BCUT2D eigenvalue weighted by Gasteiger charge is -2.12. The van der Waals surface area contributed by atoms with Crippen molar-refractivity contribution < 1.29 is 28.2 Å². The number of nitrogens with one attached hydrogen (secondary N) is 1. The van der Waals surface area contributed by atoms with Crippen LogP contribution in [-0.2, 0) is 9.53 Å². The summed E-state index contributed by atoms with van der Waals surface area (Å²) in [6, 6.07) is 8.70. The van der Waals surface area contributed by atoms with Gasteiger partial charge in [0, 0.05) is 5.69 Å². The van der Waals surface area contributed by atoms with Crippen LogP contribution >= 0.6 is 0 Å². The molecule has 0 unspecified atom stereocenters. The molecule has 0 aliphatic heterocycles. The number of benzene rings is 2.